The van der Waals surface area contributed by atoms with Crippen LogP contribution in [0.25, 0.3) is 0 Å². The van der Waals surface area contributed by atoms with E-state index in [1.807, 2.05) is 7.11 Å². The largest absolute Gasteiger partial charge is 0.379 e. The lowest BCUT2D eigenvalue weighted by molar-refractivity contribution is 0.0701. The molecule has 2 rings (SSSR count). The van der Waals surface area contributed by atoms with Gasteiger partial charge in [0.15, 0.2) is 0 Å². The topological polar surface area (TPSA) is 12.5 Å². The van der Waals surface area contributed by atoms with Crippen molar-refractivity contribution in [1.82, 2.24) is 4.90 Å². The zero-order chi connectivity index (χ0) is 7.90. The summed E-state index contributed by atoms with van der Waals surface area (Å²) in [4.78, 5) is 2.50. The van der Waals surface area contributed by atoms with Gasteiger partial charge in [-0.1, -0.05) is 6.92 Å². The van der Waals surface area contributed by atoms with E-state index >= 15 is 0 Å². The molecule has 2 aliphatic rings. The van der Waals surface area contributed by atoms with Gasteiger partial charge in [0.1, 0.15) is 0 Å². The molecule has 2 heteroatoms. The number of methoxy groups -OCH3 is 1. The minimum atomic E-state index is 0.530. The number of nitrogens with zero attached hydrogens (tertiary/aromatic N) is 1. The van der Waals surface area contributed by atoms with Crippen LogP contribution in [0.5, 0.6) is 0 Å². The van der Waals surface area contributed by atoms with Crippen LogP contribution in [0.15, 0.2) is 0 Å². The monoisotopic (exact) mass is 155 g/mol. The highest BCUT2D eigenvalue weighted by atomic mass is 16.5. The van der Waals surface area contributed by atoms with Gasteiger partial charge < -0.3 is 9.64 Å². The van der Waals surface area contributed by atoms with Crippen molar-refractivity contribution < 1.29 is 4.74 Å². The molecular formula is C9H17NO. The van der Waals surface area contributed by atoms with Gasteiger partial charge in [-0.05, 0) is 19.4 Å². The molecule has 1 aliphatic heterocycles. The molecule has 0 amide bonds. The molecule has 1 unspecified atom stereocenters. The number of likely N-dealkylation sites (tertiary alicyclic amines) is 1. The number of ether oxygens (including phenoxy) is 1. The molecule has 2 fully saturated rings. The van der Waals surface area contributed by atoms with Crippen LogP contribution < -0.4 is 0 Å². The lowest BCUT2D eigenvalue weighted by Gasteiger charge is -2.13. The number of hydrogen-bond acceptors (Lipinski definition) is 2. The number of hydrogen-bond donors (Lipinski definition) is 0. The van der Waals surface area contributed by atoms with E-state index in [1.54, 1.807) is 0 Å². The Morgan fingerprint density at radius 3 is 2.64 bits per heavy atom. The Bertz CT molecular complexity index is 154. The molecule has 0 aromatic rings. The third-order valence-electron chi connectivity index (χ3n) is 3.27. The molecule has 0 aromatic carbocycles. The summed E-state index contributed by atoms with van der Waals surface area (Å²) in [7, 11) is 1.85. The van der Waals surface area contributed by atoms with Gasteiger partial charge in [0.2, 0.25) is 0 Å². The zero-order valence-corrected chi connectivity index (χ0v) is 7.47. The maximum absolute atomic E-state index is 5.48. The van der Waals surface area contributed by atoms with Crippen molar-refractivity contribution in [2.45, 2.75) is 25.9 Å². The minimum absolute atomic E-state index is 0.530. The van der Waals surface area contributed by atoms with E-state index in [4.69, 9.17) is 4.74 Å². The molecule has 2 nitrogen and oxygen atoms in total. The number of rotatable bonds is 2. The van der Waals surface area contributed by atoms with Crippen LogP contribution in [0.1, 0.15) is 19.8 Å². The van der Waals surface area contributed by atoms with Gasteiger partial charge >= 0.3 is 0 Å². The molecule has 1 aliphatic carbocycles. The predicted molar refractivity (Wildman–Crippen MR) is 44.6 cm³/mol. The molecule has 1 spiro atoms. The van der Waals surface area contributed by atoms with E-state index in [-0.39, 0.29) is 0 Å². The van der Waals surface area contributed by atoms with Crippen molar-refractivity contribution in [3.63, 3.8) is 0 Å². The molecule has 1 atom stereocenters. The van der Waals surface area contributed by atoms with Gasteiger partial charge in [-0.15, -0.1) is 0 Å². The smallest absolute Gasteiger partial charge is 0.0766 e. The second kappa shape index (κ2) is 2.46. The SMILES string of the molecule is CCN1CC(OC)C2(CC2)C1. The lowest BCUT2D eigenvalue weighted by atomic mass is 10.0. The molecule has 0 radical (unpaired) electrons. The Morgan fingerprint density at radius 1 is 1.55 bits per heavy atom. The molecule has 1 saturated heterocycles. The van der Waals surface area contributed by atoms with E-state index in [0.717, 1.165) is 6.54 Å². The predicted octanol–water partition coefficient (Wildman–Crippen LogP) is 1.12. The molecule has 0 aromatic heterocycles. The normalized spacial score (nSPS) is 34.9. The summed E-state index contributed by atoms with van der Waals surface area (Å²) in [6.07, 6.45) is 3.31. The van der Waals surface area contributed by atoms with Crippen LogP contribution in [-0.2, 0) is 4.74 Å². The average Bonchev–Trinajstić information content (AvgIpc) is 2.66. The van der Waals surface area contributed by atoms with Crippen molar-refractivity contribution in [2.75, 3.05) is 26.7 Å². The van der Waals surface area contributed by atoms with Crippen LogP contribution in [0.4, 0.5) is 0 Å². The Morgan fingerprint density at radius 2 is 2.27 bits per heavy atom. The second-order valence-electron chi connectivity index (χ2n) is 3.91. The molecule has 0 N–H and O–H groups in total. The summed E-state index contributed by atoms with van der Waals surface area (Å²) in [6.45, 7) is 5.85. The highest BCUT2D eigenvalue weighted by Crippen LogP contribution is 2.53. The summed E-state index contributed by atoms with van der Waals surface area (Å²) < 4.78 is 5.48. The van der Waals surface area contributed by atoms with Crippen LogP contribution in [0.2, 0.25) is 0 Å². The van der Waals surface area contributed by atoms with Gasteiger partial charge in [0.25, 0.3) is 0 Å². The molecule has 64 valence electrons. The molecule has 1 saturated carbocycles. The maximum atomic E-state index is 5.48. The second-order valence-corrected chi connectivity index (χ2v) is 3.91. The summed E-state index contributed by atoms with van der Waals surface area (Å²) >= 11 is 0. The van der Waals surface area contributed by atoms with Crippen LogP contribution in [0.3, 0.4) is 0 Å². The van der Waals surface area contributed by atoms with Crippen molar-refractivity contribution in [3.8, 4) is 0 Å². The third kappa shape index (κ3) is 1.09. The Labute approximate surface area is 68.5 Å². The highest BCUT2D eigenvalue weighted by Gasteiger charge is 2.54. The van der Waals surface area contributed by atoms with Gasteiger partial charge in [0, 0.05) is 25.6 Å². The Balaban J connectivity index is 2.01. The van der Waals surface area contributed by atoms with Crippen LogP contribution in [0, 0.1) is 5.41 Å². The average molecular weight is 155 g/mol. The van der Waals surface area contributed by atoms with E-state index < -0.39 is 0 Å². The van der Waals surface area contributed by atoms with E-state index in [0.29, 0.717) is 11.5 Å². The summed E-state index contributed by atoms with van der Waals surface area (Å²) in [5.74, 6) is 0. The summed E-state index contributed by atoms with van der Waals surface area (Å²) in [5, 5.41) is 0. The summed E-state index contributed by atoms with van der Waals surface area (Å²) in [6, 6.07) is 0. The fourth-order valence-electron chi connectivity index (χ4n) is 2.25. The first-order valence-electron chi connectivity index (χ1n) is 4.56. The third-order valence-corrected chi connectivity index (χ3v) is 3.27. The van der Waals surface area contributed by atoms with Crippen molar-refractivity contribution in [3.05, 3.63) is 0 Å². The van der Waals surface area contributed by atoms with Gasteiger partial charge in [-0.25, -0.2) is 0 Å². The lowest BCUT2D eigenvalue weighted by Crippen LogP contribution is -2.22. The fourth-order valence-corrected chi connectivity index (χ4v) is 2.25. The van der Waals surface area contributed by atoms with Crippen LogP contribution >= 0.6 is 0 Å². The molecule has 0 bridgehead atoms. The maximum Gasteiger partial charge on any atom is 0.0766 e. The first-order valence-corrected chi connectivity index (χ1v) is 4.56. The van der Waals surface area contributed by atoms with E-state index in [1.165, 1.54) is 25.9 Å². The first-order chi connectivity index (χ1) is 5.30. The fraction of sp³-hybridized carbons (Fsp3) is 1.00. The van der Waals surface area contributed by atoms with Crippen molar-refractivity contribution in [1.29, 1.82) is 0 Å². The van der Waals surface area contributed by atoms with E-state index in [2.05, 4.69) is 11.8 Å². The highest BCUT2D eigenvalue weighted by molar-refractivity contribution is 5.06. The van der Waals surface area contributed by atoms with Gasteiger partial charge in [-0.2, -0.15) is 0 Å². The van der Waals surface area contributed by atoms with E-state index in [9.17, 15) is 0 Å². The Hall–Kier alpha value is -0.0800. The quantitative estimate of drug-likeness (QED) is 0.592. The molecular weight excluding hydrogens is 138 g/mol. The van der Waals surface area contributed by atoms with Crippen molar-refractivity contribution >= 4 is 0 Å². The van der Waals surface area contributed by atoms with Crippen molar-refractivity contribution in [2.24, 2.45) is 5.41 Å². The standard InChI is InChI=1S/C9H17NO/c1-3-10-6-8(11-2)9(7-10)4-5-9/h8H,3-7H2,1-2H3. The summed E-state index contributed by atoms with van der Waals surface area (Å²) in [5.41, 5.74) is 0.588. The first kappa shape index (κ1) is 7.56. The molecule has 1 heterocycles. The molecule has 11 heavy (non-hydrogen) atoms. The Kier molecular flexibility index (Phi) is 1.69. The minimum Gasteiger partial charge on any atom is -0.379 e. The zero-order valence-electron chi connectivity index (χ0n) is 7.47. The van der Waals surface area contributed by atoms with Gasteiger partial charge in [-0.3, -0.25) is 0 Å². The van der Waals surface area contributed by atoms with Crippen LogP contribution in [-0.4, -0.2) is 37.7 Å². The van der Waals surface area contributed by atoms with Gasteiger partial charge in [0.05, 0.1) is 6.10 Å². The number of likely N-dealkylation sites (N-methyl/N-ethyl adjacent to an activating group) is 1.